The van der Waals surface area contributed by atoms with E-state index in [4.69, 9.17) is 10.5 Å². The van der Waals surface area contributed by atoms with E-state index < -0.39 is 5.60 Å². The molecular weight excluding hydrogens is 204 g/mol. The van der Waals surface area contributed by atoms with Gasteiger partial charge in [-0.1, -0.05) is 0 Å². The lowest BCUT2D eigenvalue weighted by Gasteiger charge is -2.41. The normalized spacial score (nSPS) is 30.1. The Morgan fingerprint density at radius 1 is 1.50 bits per heavy atom. The summed E-state index contributed by atoms with van der Waals surface area (Å²) in [5.74, 6) is 0.153. The van der Waals surface area contributed by atoms with Crippen LogP contribution in [0.2, 0.25) is 0 Å². The number of hydrogen-bond acceptors (Lipinski definition) is 3. The van der Waals surface area contributed by atoms with Crippen LogP contribution in [0.5, 0.6) is 0 Å². The molecule has 16 heavy (non-hydrogen) atoms. The average Bonchev–Trinajstić information content (AvgIpc) is 2.62. The Balaban J connectivity index is 2.03. The second-order valence-corrected chi connectivity index (χ2v) is 5.05. The first kappa shape index (κ1) is 11.9. The van der Waals surface area contributed by atoms with Crippen LogP contribution in [0.1, 0.15) is 39.0 Å². The third-order valence-corrected chi connectivity index (χ3v) is 3.82. The minimum atomic E-state index is -0.579. The smallest absolute Gasteiger partial charge is 0.254 e. The highest BCUT2D eigenvalue weighted by atomic mass is 16.5. The van der Waals surface area contributed by atoms with Gasteiger partial charge in [0.2, 0.25) is 0 Å². The summed E-state index contributed by atoms with van der Waals surface area (Å²) < 4.78 is 5.62. The van der Waals surface area contributed by atoms with E-state index in [1.54, 1.807) is 0 Å². The highest BCUT2D eigenvalue weighted by molar-refractivity contribution is 5.85. The minimum absolute atomic E-state index is 0.153. The predicted molar refractivity (Wildman–Crippen MR) is 62.0 cm³/mol. The Bertz CT molecular complexity index is 258. The van der Waals surface area contributed by atoms with E-state index in [9.17, 15) is 4.79 Å². The van der Waals surface area contributed by atoms with Crippen molar-refractivity contribution in [2.24, 2.45) is 5.73 Å². The zero-order valence-corrected chi connectivity index (χ0v) is 10.1. The standard InChI is InChI=1S/C12H22N2O2/c1-12(6-3-9-16-12)11(15)14(8-7-13)10-4-2-5-10/h10H,2-9,13H2,1H3. The third-order valence-electron chi connectivity index (χ3n) is 3.82. The number of carbonyl (C=O) groups is 1. The van der Waals surface area contributed by atoms with Gasteiger partial charge in [0.15, 0.2) is 0 Å². The molecule has 0 bridgehead atoms. The molecule has 2 rings (SSSR count). The molecule has 0 aromatic rings. The van der Waals surface area contributed by atoms with E-state index in [1.807, 2.05) is 11.8 Å². The Kier molecular flexibility index (Phi) is 3.50. The fourth-order valence-corrected chi connectivity index (χ4v) is 2.54. The molecule has 2 N–H and O–H groups in total. The fourth-order valence-electron chi connectivity index (χ4n) is 2.54. The molecule has 0 spiro atoms. The lowest BCUT2D eigenvalue weighted by molar-refractivity contribution is -0.155. The summed E-state index contributed by atoms with van der Waals surface area (Å²) in [5, 5.41) is 0. The first-order valence-corrected chi connectivity index (χ1v) is 6.32. The highest BCUT2D eigenvalue weighted by Gasteiger charge is 2.43. The third kappa shape index (κ3) is 2.09. The number of nitrogens with two attached hydrogens (primary N) is 1. The summed E-state index contributed by atoms with van der Waals surface area (Å²) in [5.41, 5.74) is 5.01. The fraction of sp³-hybridized carbons (Fsp3) is 0.917. The maximum atomic E-state index is 12.4. The molecule has 1 saturated carbocycles. The van der Waals surface area contributed by atoms with Gasteiger partial charge >= 0.3 is 0 Å². The van der Waals surface area contributed by atoms with Crippen molar-refractivity contribution in [1.29, 1.82) is 0 Å². The van der Waals surface area contributed by atoms with Gasteiger partial charge in [-0.3, -0.25) is 4.79 Å². The Labute approximate surface area is 97.1 Å². The van der Waals surface area contributed by atoms with Gasteiger partial charge in [0.25, 0.3) is 5.91 Å². The maximum Gasteiger partial charge on any atom is 0.254 e. The molecule has 1 aliphatic carbocycles. The van der Waals surface area contributed by atoms with Crippen LogP contribution >= 0.6 is 0 Å². The second-order valence-electron chi connectivity index (χ2n) is 5.05. The van der Waals surface area contributed by atoms with Gasteiger partial charge < -0.3 is 15.4 Å². The molecule has 1 atom stereocenters. The van der Waals surface area contributed by atoms with E-state index >= 15 is 0 Å². The van der Waals surface area contributed by atoms with Crippen molar-refractivity contribution in [3.63, 3.8) is 0 Å². The van der Waals surface area contributed by atoms with E-state index in [2.05, 4.69) is 0 Å². The van der Waals surface area contributed by atoms with Gasteiger partial charge in [-0.15, -0.1) is 0 Å². The number of ether oxygens (including phenoxy) is 1. The summed E-state index contributed by atoms with van der Waals surface area (Å²) in [4.78, 5) is 14.4. The van der Waals surface area contributed by atoms with E-state index in [0.29, 0.717) is 25.7 Å². The number of hydrogen-bond donors (Lipinski definition) is 1. The maximum absolute atomic E-state index is 12.4. The number of rotatable bonds is 4. The van der Waals surface area contributed by atoms with Gasteiger partial charge in [0.05, 0.1) is 0 Å². The summed E-state index contributed by atoms with van der Waals surface area (Å²) in [6.45, 7) is 3.84. The molecule has 1 amide bonds. The zero-order valence-electron chi connectivity index (χ0n) is 10.1. The van der Waals surface area contributed by atoms with Crippen LogP contribution in [0.15, 0.2) is 0 Å². The van der Waals surface area contributed by atoms with Crippen molar-refractivity contribution in [3.8, 4) is 0 Å². The molecule has 1 unspecified atom stereocenters. The lowest BCUT2D eigenvalue weighted by atomic mass is 9.89. The van der Waals surface area contributed by atoms with Gasteiger partial charge in [-0.2, -0.15) is 0 Å². The second kappa shape index (κ2) is 4.72. The molecule has 92 valence electrons. The van der Waals surface area contributed by atoms with E-state index in [0.717, 1.165) is 25.7 Å². The van der Waals surface area contributed by atoms with Crippen molar-refractivity contribution < 1.29 is 9.53 Å². The summed E-state index contributed by atoms with van der Waals surface area (Å²) in [6.07, 6.45) is 5.32. The first-order valence-electron chi connectivity index (χ1n) is 6.32. The lowest BCUT2D eigenvalue weighted by Crippen LogP contribution is -2.54. The zero-order chi connectivity index (χ0) is 11.6. The summed E-state index contributed by atoms with van der Waals surface area (Å²) in [7, 11) is 0. The topological polar surface area (TPSA) is 55.6 Å². The minimum Gasteiger partial charge on any atom is -0.365 e. The number of amides is 1. The van der Waals surface area contributed by atoms with Crippen LogP contribution in [-0.2, 0) is 9.53 Å². The Hall–Kier alpha value is -0.610. The van der Waals surface area contributed by atoms with Crippen molar-refractivity contribution in [1.82, 2.24) is 4.90 Å². The average molecular weight is 226 g/mol. The van der Waals surface area contributed by atoms with Gasteiger partial charge in [0, 0.05) is 25.7 Å². The Morgan fingerprint density at radius 2 is 2.25 bits per heavy atom. The molecule has 1 heterocycles. The molecule has 1 saturated heterocycles. The molecule has 0 aromatic heterocycles. The molecule has 2 fully saturated rings. The van der Waals surface area contributed by atoms with Crippen LogP contribution in [-0.4, -0.2) is 42.1 Å². The van der Waals surface area contributed by atoms with Crippen molar-refractivity contribution in [2.45, 2.75) is 50.7 Å². The quantitative estimate of drug-likeness (QED) is 0.774. The van der Waals surface area contributed by atoms with Gasteiger partial charge in [-0.25, -0.2) is 0 Å². The van der Waals surface area contributed by atoms with Crippen LogP contribution in [0.4, 0.5) is 0 Å². The monoisotopic (exact) mass is 226 g/mol. The van der Waals surface area contributed by atoms with Crippen LogP contribution < -0.4 is 5.73 Å². The highest BCUT2D eigenvalue weighted by Crippen LogP contribution is 2.32. The van der Waals surface area contributed by atoms with Gasteiger partial charge in [-0.05, 0) is 39.0 Å². The SMILES string of the molecule is CC1(C(=O)N(CCN)C2CCC2)CCCO1. The molecule has 0 aromatic carbocycles. The first-order chi connectivity index (χ1) is 7.67. The molecule has 4 heteroatoms. The van der Waals surface area contributed by atoms with Gasteiger partial charge in [0.1, 0.15) is 5.60 Å². The van der Waals surface area contributed by atoms with E-state index in [1.165, 1.54) is 6.42 Å². The van der Waals surface area contributed by atoms with Crippen LogP contribution in [0.25, 0.3) is 0 Å². The summed E-state index contributed by atoms with van der Waals surface area (Å²) in [6, 6.07) is 0.414. The molecular formula is C12H22N2O2. The van der Waals surface area contributed by atoms with E-state index in [-0.39, 0.29) is 5.91 Å². The predicted octanol–water partition coefficient (Wildman–Crippen LogP) is 0.895. The largest absolute Gasteiger partial charge is 0.365 e. The van der Waals surface area contributed by atoms with Crippen LogP contribution in [0.3, 0.4) is 0 Å². The number of nitrogens with zero attached hydrogens (tertiary/aromatic N) is 1. The van der Waals surface area contributed by atoms with Crippen molar-refractivity contribution in [3.05, 3.63) is 0 Å². The molecule has 1 aliphatic heterocycles. The van der Waals surface area contributed by atoms with Crippen molar-refractivity contribution in [2.75, 3.05) is 19.7 Å². The molecule has 2 aliphatic rings. The number of carbonyl (C=O) groups excluding carboxylic acids is 1. The van der Waals surface area contributed by atoms with Crippen molar-refractivity contribution >= 4 is 5.91 Å². The molecule has 0 radical (unpaired) electrons. The Morgan fingerprint density at radius 3 is 2.69 bits per heavy atom. The molecule has 4 nitrogen and oxygen atoms in total. The summed E-state index contributed by atoms with van der Waals surface area (Å²) >= 11 is 0. The van der Waals surface area contributed by atoms with Crippen LogP contribution in [0, 0.1) is 0 Å².